The van der Waals surface area contributed by atoms with Crippen LogP contribution in [0.1, 0.15) is 105 Å². The fraction of sp³-hybridized carbons (Fsp3) is 0.839. The molecule has 4 N–H and O–H groups in total. The summed E-state index contributed by atoms with van der Waals surface area (Å²) in [5.74, 6) is 7.59. The van der Waals surface area contributed by atoms with Crippen molar-refractivity contribution in [3.63, 3.8) is 0 Å². The monoisotopic (exact) mass is 484 g/mol. The van der Waals surface area contributed by atoms with Gasteiger partial charge in [0.15, 0.2) is 0 Å². The van der Waals surface area contributed by atoms with E-state index in [-0.39, 0.29) is 24.2 Å². The quantitative estimate of drug-likeness (QED) is 0.282. The van der Waals surface area contributed by atoms with Gasteiger partial charge in [-0.1, -0.05) is 71.5 Å². The molecule has 4 rings (SSSR count). The van der Waals surface area contributed by atoms with Gasteiger partial charge in [-0.3, -0.25) is 4.90 Å². The van der Waals surface area contributed by atoms with Crippen LogP contribution in [0.15, 0.2) is 11.6 Å². The molecule has 4 heteroatoms. The lowest BCUT2D eigenvalue weighted by Gasteiger charge is -2.59. The fourth-order valence-corrected chi connectivity index (χ4v) is 9.38. The van der Waals surface area contributed by atoms with Crippen molar-refractivity contribution in [2.24, 2.45) is 46.3 Å². The Bertz CT molecular complexity index is 828. The summed E-state index contributed by atoms with van der Waals surface area (Å²) in [6.45, 7) is 12.6. The van der Waals surface area contributed by atoms with Crippen LogP contribution >= 0.6 is 0 Å². The van der Waals surface area contributed by atoms with Gasteiger partial charge in [-0.25, -0.2) is 4.79 Å². The Morgan fingerprint density at radius 1 is 1.14 bits per heavy atom. The second kappa shape index (κ2) is 10.9. The average molecular weight is 485 g/mol. The number of terminal acetylenes is 1. The summed E-state index contributed by atoms with van der Waals surface area (Å²) in [6.07, 6.45) is 21.1. The highest BCUT2D eigenvalue weighted by molar-refractivity contribution is 5.66. The molecule has 4 nitrogen and oxygen atoms in total. The van der Waals surface area contributed by atoms with Gasteiger partial charge in [0.2, 0.25) is 0 Å². The van der Waals surface area contributed by atoms with E-state index in [1.807, 2.05) is 0 Å². The van der Waals surface area contributed by atoms with E-state index in [9.17, 15) is 9.90 Å². The van der Waals surface area contributed by atoms with Gasteiger partial charge in [0.1, 0.15) is 0 Å². The molecule has 0 bridgehead atoms. The minimum absolute atomic E-state index is 0. The van der Waals surface area contributed by atoms with E-state index in [2.05, 4.69) is 46.6 Å². The second-order valence-corrected chi connectivity index (χ2v) is 13.3. The fourth-order valence-electron chi connectivity index (χ4n) is 9.38. The number of hydrogen-bond acceptors (Lipinski definition) is 2. The molecule has 0 aliphatic heterocycles. The van der Waals surface area contributed by atoms with Gasteiger partial charge >= 0.3 is 6.09 Å². The molecule has 0 radical (unpaired) electrons. The van der Waals surface area contributed by atoms with Crippen molar-refractivity contribution in [3.8, 4) is 12.3 Å². The van der Waals surface area contributed by atoms with Crippen LogP contribution in [0.3, 0.4) is 0 Å². The molecular weight excluding hydrogens is 432 g/mol. The van der Waals surface area contributed by atoms with Gasteiger partial charge in [0, 0.05) is 6.04 Å². The Hall–Kier alpha value is -1.47. The molecule has 35 heavy (non-hydrogen) atoms. The molecular formula is C31H52N2O2. The Morgan fingerprint density at radius 3 is 2.54 bits per heavy atom. The molecule has 1 amide bonds. The third-order valence-corrected chi connectivity index (χ3v) is 11.2. The standard InChI is InChI=1S/C31H49NO2.H3N/c1-7-19-32(29(33)34)24-15-17-30(5)23(20-24)11-12-25-27-14-13-26(22(4)10-8-9-21(2)3)31(27,6)18-16-28(25)30;/h1,11,21-22,24-28H,8-10,12-20H2,2-6H3,(H,33,34);1H3/t22-,24+,25+,26-,27+,28+,30+,31-;/m1./s1. The van der Waals surface area contributed by atoms with E-state index < -0.39 is 6.09 Å². The Labute approximate surface area is 215 Å². The second-order valence-electron chi connectivity index (χ2n) is 13.3. The Morgan fingerprint density at radius 2 is 1.89 bits per heavy atom. The van der Waals surface area contributed by atoms with Crippen LogP contribution in [0.2, 0.25) is 0 Å². The molecule has 3 fully saturated rings. The van der Waals surface area contributed by atoms with Crippen molar-refractivity contribution >= 4 is 6.09 Å². The highest BCUT2D eigenvalue weighted by Crippen LogP contribution is 2.67. The lowest BCUT2D eigenvalue weighted by atomic mass is 9.46. The van der Waals surface area contributed by atoms with Crippen molar-refractivity contribution in [1.29, 1.82) is 0 Å². The molecule has 198 valence electrons. The number of carboxylic acid groups (broad SMARTS) is 1. The van der Waals surface area contributed by atoms with E-state index >= 15 is 0 Å². The first kappa shape index (κ1) is 28.1. The maximum Gasteiger partial charge on any atom is 0.408 e. The first-order chi connectivity index (χ1) is 16.1. The molecule has 0 saturated heterocycles. The van der Waals surface area contributed by atoms with Crippen LogP contribution in [0.25, 0.3) is 0 Å². The van der Waals surface area contributed by atoms with Gasteiger partial charge in [-0.05, 0) is 97.7 Å². The zero-order chi connectivity index (χ0) is 24.7. The van der Waals surface area contributed by atoms with Gasteiger partial charge in [0.05, 0.1) is 6.54 Å². The van der Waals surface area contributed by atoms with Crippen LogP contribution in [-0.4, -0.2) is 28.7 Å². The molecule has 0 aromatic heterocycles. The number of fused-ring (bicyclic) bond motifs is 5. The largest absolute Gasteiger partial charge is 0.465 e. The van der Waals surface area contributed by atoms with E-state index in [1.165, 1.54) is 61.8 Å². The van der Waals surface area contributed by atoms with Crippen molar-refractivity contribution in [2.75, 3.05) is 6.54 Å². The van der Waals surface area contributed by atoms with Gasteiger partial charge in [-0.15, -0.1) is 6.42 Å². The smallest absolute Gasteiger partial charge is 0.408 e. The zero-order valence-electron chi connectivity index (χ0n) is 23.2. The number of allylic oxidation sites excluding steroid dienone is 1. The summed E-state index contributed by atoms with van der Waals surface area (Å²) in [7, 11) is 0. The summed E-state index contributed by atoms with van der Waals surface area (Å²) < 4.78 is 0. The average Bonchev–Trinajstić information content (AvgIpc) is 3.14. The van der Waals surface area contributed by atoms with Crippen molar-refractivity contribution in [2.45, 2.75) is 111 Å². The maximum atomic E-state index is 11.8. The summed E-state index contributed by atoms with van der Waals surface area (Å²) in [4.78, 5) is 13.3. The SMILES string of the molecule is C#CCN(C(=O)O)[C@H]1CC[C@@]2(C)C(=CC[C@H]3[C@@H]4CC[C@H]([C@H](C)CCCC(C)C)[C@@]4(C)CC[C@@H]32)C1.N. The maximum absolute atomic E-state index is 11.8. The summed E-state index contributed by atoms with van der Waals surface area (Å²) in [5, 5.41) is 9.70. The minimum Gasteiger partial charge on any atom is -0.465 e. The van der Waals surface area contributed by atoms with E-state index in [0.29, 0.717) is 5.41 Å². The minimum atomic E-state index is -0.867. The van der Waals surface area contributed by atoms with Crippen molar-refractivity contribution in [3.05, 3.63) is 11.6 Å². The van der Waals surface area contributed by atoms with E-state index in [0.717, 1.165) is 54.8 Å². The first-order valence-electron chi connectivity index (χ1n) is 14.2. The summed E-state index contributed by atoms with van der Waals surface area (Å²) in [5.41, 5.74) is 2.31. The lowest BCUT2D eigenvalue weighted by molar-refractivity contribution is -0.0538. The Kier molecular flexibility index (Phi) is 8.73. The molecule has 4 aliphatic carbocycles. The Balaban J connectivity index is 0.00000342. The normalized spacial score (nSPS) is 38.8. The summed E-state index contributed by atoms with van der Waals surface area (Å²) in [6, 6.07) is 0.0424. The molecule has 3 saturated carbocycles. The van der Waals surface area contributed by atoms with Crippen molar-refractivity contribution < 1.29 is 9.90 Å². The van der Waals surface area contributed by atoms with Crippen LogP contribution < -0.4 is 6.15 Å². The molecule has 4 aliphatic rings. The third-order valence-electron chi connectivity index (χ3n) is 11.2. The topological polar surface area (TPSA) is 75.5 Å². The van der Waals surface area contributed by atoms with E-state index in [1.54, 1.807) is 0 Å². The predicted molar refractivity (Wildman–Crippen MR) is 145 cm³/mol. The lowest BCUT2D eigenvalue weighted by Crippen LogP contribution is -2.52. The highest BCUT2D eigenvalue weighted by Gasteiger charge is 2.59. The van der Waals surface area contributed by atoms with Gasteiger partial charge in [0.25, 0.3) is 0 Å². The first-order valence-corrected chi connectivity index (χ1v) is 14.2. The van der Waals surface area contributed by atoms with Crippen LogP contribution in [0.4, 0.5) is 4.79 Å². The van der Waals surface area contributed by atoms with Crippen LogP contribution in [0.5, 0.6) is 0 Å². The van der Waals surface area contributed by atoms with Crippen molar-refractivity contribution in [1.82, 2.24) is 11.1 Å². The molecule has 0 spiro atoms. The number of carbonyl (C=O) groups is 1. The highest BCUT2D eigenvalue weighted by atomic mass is 16.4. The third kappa shape index (κ3) is 5.04. The number of amides is 1. The zero-order valence-corrected chi connectivity index (χ0v) is 23.2. The van der Waals surface area contributed by atoms with Gasteiger partial charge in [-0.2, -0.15) is 0 Å². The molecule has 0 aromatic rings. The molecule has 0 aromatic carbocycles. The molecule has 0 unspecified atom stereocenters. The van der Waals surface area contributed by atoms with Crippen LogP contribution in [0, 0.1) is 58.7 Å². The molecule has 8 atom stereocenters. The van der Waals surface area contributed by atoms with Gasteiger partial charge < -0.3 is 11.3 Å². The number of rotatable bonds is 7. The summed E-state index contributed by atoms with van der Waals surface area (Å²) >= 11 is 0. The molecule has 0 heterocycles. The number of hydrogen-bond donors (Lipinski definition) is 2. The number of nitrogens with zero attached hydrogens (tertiary/aromatic N) is 1. The van der Waals surface area contributed by atoms with E-state index in [4.69, 9.17) is 6.42 Å². The predicted octanol–water partition coefficient (Wildman–Crippen LogP) is 8.17. The van der Waals surface area contributed by atoms with Crippen LogP contribution in [-0.2, 0) is 0 Å².